The molecule has 1 amide bonds. The molecule has 1 aromatic rings. The van der Waals surface area contributed by atoms with Gasteiger partial charge in [0.2, 0.25) is 0 Å². The van der Waals surface area contributed by atoms with Crippen LogP contribution in [0.4, 0.5) is 4.39 Å². The Morgan fingerprint density at radius 3 is 2.65 bits per heavy atom. The van der Waals surface area contributed by atoms with E-state index in [-0.39, 0.29) is 16.5 Å². The van der Waals surface area contributed by atoms with Gasteiger partial charge in [-0.3, -0.25) is 4.79 Å². The van der Waals surface area contributed by atoms with E-state index >= 15 is 0 Å². The summed E-state index contributed by atoms with van der Waals surface area (Å²) in [4.78, 5) is 13.8. The zero-order valence-electron chi connectivity index (χ0n) is 10.6. The molecule has 1 aromatic carbocycles. The molecule has 2 atom stereocenters. The van der Waals surface area contributed by atoms with Crippen LogP contribution in [-0.2, 0) is 9.05 Å². The Balaban J connectivity index is 2.01. The van der Waals surface area contributed by atoms with Gasteiger partial charge in [0.1, 0.15) is 5.82 Å². The van der Waals surface area contributed by atoms with E-state index in [1.54, 1.807) is 4.90 Å². The molecule has 0 N–H and O–H groups in total. The summed E-state index contributed by atoms with van der Waals surface area (Å²) in [5.74, 6) is -0.619. The molecule has 20 heavy (non-hydrogen) atoms. The molecular weight excluding hydrogens is 305 g/mol. The fourth-order valence-electron chi connectivity index (χ4n) is 3.21. The molecule has 1 saturated heterocycles. The zero-order valence-corrected chi connectivity index (χ0v) is 12.1. The van der Waals surface area contributed by atoms with E-state index in [2.05, 4.69) is 0 Å². The largest absolute Gasteiger partial charge is 0.335 e. The molecule has 7 heteroatoms. The van der Waals surface area contributed by atoms with E-state index in [0.717, 1.165) is 37.5 Å². The number of hydrogen-bond acceptors (Lipinski definition) is 3. The van der Waals surface area contributed by atoms with Crippen LogP contribution in [-0.4, -0.2) is 31.8 Å². The Morgan fingerprint density at radius 2 is 2.10 bits per heavy atom. The summed E-state index contributed by atoms with van der Waals surface area (Å²) in [7, 11) is 1.25. The molecule has 2 fully saturated rings. The van der Waals surface area contributed by atoms with E-state index < -0.39 is 20.8 Å². The molecule has 2 bridgehead atoms. The van der Waals surface area contributed by atoms with Gasteiger partial charge in [-0.1, -0.05) is 0 Å². The normalized spacial score (nSPS) is 25.2. The van der Waals surface area contributed by atoms with Crippen molar-refractivity contribution in [1.82, 2.24) is 4.90 Å². The maximum Gasteiger partial charge on any atom is 0.262 e. The number of nitrogens with zero attached hydrogens (tertiary/aromatic N) is 1. The summed E-state index contributed by atoms with van der Waals surface area (Å²) in [6.45, 7) is 0.613. The molecule has 0 aromatic heterocycles. The molecule has 0 radical (unpaired) electrons. The third kappa shape index (κ3) is 2.31. The van der Waals surface area contributed by atoms with Crippen molar-refractivity contribution in [1.29, 1.82) is 0 Å². The molecule has 2 unspecified atom stereocenters. The SMILES string of the molecule is O=C(c1cc(F)ccc1S(=O)(=O)Cl)N1CC2CCC1C2. The second-order valence-electron chi connectivity index (χ2n) is 5.37. The number of piperidine rings is 1. The van der Waals surface area contributed by atoms with E-state index in [0.29, 0.717) is 12.5 Å². The summed E-state index contributed by atoms with van der Waals surface area (Å²) in [6.07, 6.45) is 2.97. The second-order valence-corrected chi connectivity index (χ2v) is 7.90. The Labute approximate surface area is 120 Å². The first kappa shape index (κ1) is 13.8. The molecule has 2 aliphatic rings. The van der Waals surface area contributed by atoms with Crippen LogP contribution in [0.5, 0.6) is 0 Å². The molecule has 1 heterocycles. The molecular formula is C13H13ClFNO3S. The lowest BCUT2D eigenvalue weighted by Crippen LogP contribution is -2.38. The molecule has 108 valence electrons. The first-order chi connectivity index (χ1) is 9.36. The number of fused-ring (bicyclic) bond motifs is 2. The Bertz CT molecular complexity index is 676. The number of halogens is 2. The van der Waals surface area contributed by atoms with E-state index in [1.807, 2.05) is 0 Å². The highest BCUT2D eigenvalue weighted by Crippen LogP contribution is 2.38. The van der Waals surface area contributed by atoms with Crippen LogP contribution >= 0.6 is 10.7 Å². The van der Waals surface area contributed by atoms with Gasteiger partial charge in [-0.2, -0.15) is 0 Å². The molecule has 1 aliphatic carbocycles. The van der Waals surface area contributed by atoms with Crippen molar-refractivity contribution in [3.8, 4) is 0 Å². The number of benzene rings is 1. The minimum atomic E-state index is -4.08. The highest BCUT2D eigenvalue weighted by Gasteiger charge is 2.41. The van der Waals surface area contributed by atoms with Gasteiger partial charge in [0, 0.05) is 23.3 Å². The van der Waals surface area contributed by atoms with Gasteiger partial charge in [0.15, 0.2) is 0 Å². The van der Waals surface area contributed by atoms with E-state index in [1.165, 1.54) is 0 Å². The lowest BCUT2D eigenvalue weighted by molar-refractivity contribution is 0.0699. The quantitative estimate of drug-likeness (QED) is 0.787. The van der Waals surface area contributed by atoms with E-state index in [9.17, 15) is 17.6 Å². The summed E-state index contributed by atoms with van der Waals surface area (Å²) in [5, 5.41) is 0. The minimum absolute atomic E-state index is 0.140. The molecule has 1 aliphatic heterocycles. The maximum absolute atomic E-state index is 13.4. The number of carbonyl (C=O) groups is 1. The third-order valence-electron chi connectivity index (χ3n) is 4.10. The number of hydrogen-bond donors (Lipinski definition) is 0. The summed E-state index contributed by atoms with van der Waals surface area (Å²) in [5.41, 5.74) is -0.174. The third-order valence-corrected chi connectivity index (χ3v) is 5.48. The van der Waals surface area contributed by atoms with Crippen LogP contribution in [0.15, 0.2) is 23.1 Å². The van der Waals surface area contributed by atoms with Crippen LogP contribution in [0.25, 0.3) is 0 Å². The topological polar surface area (TPSA) is 54.5 Å². The summed E-state index contributed by atoms with van der Waals surface area (Å²) < 4.78 is 36.4. The van der Waals surface area contributed by atoms with Crippen molar-refractivity contribution in [2.75, 3.05) is 6.54 Å². The lowest BCUT2D eigenvalue weighted by atomic mass is 10.1. The van der Waals surface area contributed by atoms with Gasteiger partial charge >= 0.3 is 0 Å². The maximum atomic E-state index is 13.4. The van der Waals surface area contributed by atoms with Crippen LogP contribution in [0.2, 0.25) is 0 Å². The molecule has 4 nitrogen and oxygen atoms in total. The van der Waals surface area contributed by atoms with Crippen LogP contribution < -0.4 is 0 Å². The van der Waals surface area contributed by atoms with Crippen molar-refractivity contribution < 1.29 is 17.6 Å². The van der Waals surface area contributed by atoms with Crippen molar-refractivity contribution in [2.45, 2.75) is 30.2 Å². The average molecular weight is 318 g/mol. The number of amides is 1. The monoisotopic (exact) mass is 317 g/mol. The zero-order chi connectivity index (χ0) is 14.5. The lowest BCUT2D eigenvalue weighted by Gasteiger charge is -2.27. The predicted molar refractivity (Wildman–Crippen MR) is 71.6 cm³/mol. The van der Waals surface area contributed by atoms with Crippen molar-refractivity contribution in [3.05, 3.63) is 29.6 Å². The molecule has 0 spiro atoms. The fourth-order valence-corrected chi connectivity index (χ4v) is 4.25. The fraction of sp³-hybridized carbons (Fsp3) is 0.462. The Morgan fingerprint density at radius 1 is 1.35 bits per heavy atom. The Kier molecular flexibility index (Phi) is 3.25. The second kappa shape index (κ2) is 4.70. The van der Waals surface area contributed by atoms with Gasteiger partial charge in [0.25, 0.3) is 15.0 Å². The smallest absolute Gasteiger partial charge is 0.262 e. The van der Waals surface area contributed by atoms with Gasteiger partial charge < -0.3 is 4.90 Å². The highest BCUT2D eigenvalue weighted by molar-refractivity contribution is 8.13. The molecule has 1 saturated carbocycles. The number of carbonyl (C=O) groups excluding carboxylic acids is 1. The summed E-state index contributed by atoms with van der Waals surface area (Å²) in [6, 6.07) is 3.12. The van der Waals surface area contributed by atoms with Crippen molar-refractivity contribution in [2.24, 2.45) is 5.92 Å². The predicted octanol–water partition coefficient (Wildman–Crippen LogP) is 2.38. The van der Waals surface area contributed by atoms with Crippen LogP contribution in [0.3, 0.4) is 0 Å². The Hall–Kier alpha value is -1.14. The van der Waals surface area contributed by atoms with Gasteiger partial charge in [-0.25, -0.2) is 12.8 Å². The minimum Gasteiger partial charge on any atom is -0.335 e. The summed E-state index contributed by atoms with van der Waals surface area (Å²) >= 11 is 0. The number of rotatable bonds is 2. The average Bonchev–Trinajstić information content (AvgIpc) is 2.98. The number of likely N-dealkylation sites (tertiary alicyclic amines) is 1. The van der Waals surface area contributed by atoms with E-state index in [4.69, 9.17) is 10.7 Å². The molecule has 3 rings (SSSR count). The first-order valence-electron chi connectivity index (χ1n) is 6.41. The standard InChI is InChI=1S/C13H13ClFNO3S/c14-20(18,19)12-4-2-9(15)6-11(12)13(17)16-7-8-1-3-10(16)5-8/h2,4,6,8,10H,1,3,5,7H2. The highest BCUT2D eigenvalue weighted by atomic mass is 35.7. The van der Waals surface area contributed by atoms with Crippen LogP contribution in [0, 0.1) is 11.7 Å². The van der Waals surface area contributed by atoms with Crippen LogP contribution in [0.1, 0.15) is 29.6 Å². The van der Waals surface area contributed by atoms with Gasteiger partial charge in [-0.05, 0) is 43.4 Å². The van der Waals surface area contributed by atoms with Crippen molar-refractivity contribution in [3.63, 3.8) is 0 Å². The van der Waals surface area contributed by atoms with Crippen molar-refractivity contribution >= 4 is 25.6 Å². The van der Waals surface area contributed by atoms with Gasteiger partial charge in [-0.15, -0.1) is 0 Å². The first-order valence-corrected chi connectivity index (χ1v) is 8.72. The van der Waals surface area contributed by atoms with Gasteiger partial charge in [0.05, 0.1) is 10.5 Å².